The van der Waals surface area contributed by atoms with E-state index in [0.717, 1.165) is 32.1 Å². The molecular formula is C12H26NaO4S+. The van der Waals surface area contributed by atoms with Crippen LogP contribution in [0, 0.1) is 0 Å². The van der Waals surface area contributed by atoms with Gasteiger partial charge in [0.15, 0.2) is 0 Å². The Balaban J connectivity index is 0. The number of hydrogen-bond acceptors (Lipinski definition) is 4. The Morgan fingerprint density at radius 3 is 1.72 bits per heavy atom. The monoisotopic (exact) mass is 289 g/mol. The van der Waals surface area contributed by atoms with Crippen molar-refractivity contribution in [2.24, 2.45) is 0 Å². The van der Waals surface area contributed by atoms with Gasteiger partial charge < -0.3 is 0 Å². The Bertz CT molecular complexity index is 255. The Kier molecular flexibility index (Phi) is 16.8. The first-order valence-corrected chi connectivity index (χ1v) is 7.99. The molecule has 0 amide bonds. The quantitative estimate of drug-likeness (QED) is 0.386. The predicted molar refractivity (Wildman–Crippen MR) is 69.1 cm³/mol. The third-order valence-corrected chi connectivity index (χ3v) is 3.36. The molecule has 0 aromatic rings. The van der Waals surface area contributed by atoms with Gasteiger partial charge in [0.25, 0.3) is 0 Å². The van der Waals surface area contributed by atoms with Gasteiger partial charge in [-0.3, -0.25) is 0 Å². The van der Waals surface area contributed by atoms with Gasteiger partial charge in [-0.15, -0.1) is 0 Å². The molecule has 0 fully saturated rings. The minimum atomic E-state index is -3.75. The van der Waals surface area contributed by atoms with Crippen molar-refractivity contribution in [1.29, 1.82) is 0 Å². The molecule has 104 valence electrons. The zero-order chi connectivity index (χ0) is 13.0. The maximum atomic E-state index is 11.2. The van der Waals surface area contributed by atoms with Gasteiger partial charge in [0, 0.05) is 0 Å². The van der Waals surface area contributed by atoms with E-state index in [1.54, 1.807) is 0 Å². The molecule has 0 aromatic carbocycles. The Labute approximate surface area is 134 Å². The molecule has 0 radical (unpaired) electrons. The first-order valence-electron chi connectivity index (χ1n) is 6.66. The van der Waals surface area contributed by atoms with Crippen molar-refractivity contribution in [1.82, 2.24) is 0 Å². The van der Waals surface area contributed by atoms with Crippen LogP contribution in [0.2, 0.25) is 0 Å². The first-order chi connectivity index (χ1) is 8.12. The van der Waals surface area contributed by atoms with E-state index in [-0.39, 0.29) is 42.8 Å². The Morgan fingerprint density at radius 1 is 0.722 bits per heavy atom. The molecule has 0 aliphatic carbocycles. The van der Waals surface area contributed by atoms with Crippen LogP contribution < -0.4 is 29.6 Å². The number of hydrogen-bond donors (Lipinski definition) is 0. The molecule has 0 bridgehead atoms. The molecule has 0 saturated carbocycles. The molecule has 0 aromatic heterocycles. The van der Waals surface area contributed by atoms with Crippen molar-refractivity contribution < 1.29 is 46.3 Å². The summed E-state index contributed by atoms with van der Waals surface area (Å²) in [7, 11) is -3.75. The van der Waals surface area contributed by atoms with Crippen molar-refractivity contribution in [3.8, 4) is 0 Å². The van der Waals surface area contributed by atoms with Crippen molar-refractivity contribution in [3.63, 3.8) is 0 Å². The smallest absolute Gasteiger partial charge is 0.248 e. The molecule has 0 N–H and O–H groups in total. The fraction of sp³-hybridized carbons (Fsp3) is 1.00. The van der Waals surface area contributed by atoms with Crippen LogP contribution in [0.25, 0.3) is 0 Å². The molecule has 0 aliphatic heterocycles. The SMILES string of the molecule is CCCCCCCCOS(=O)(=O)OCCCC.[Na+]. The summed E-state index contributed by atoms with van der Waals surface area (Å²) in [6.07, 6.45) is 8.27. The van der Waals surface area contributed by atoms with Crippen LogP contribution in [0.1, 0.15) is 65.2 Å². The van der Waals surface area contributed by atoms with E-state index < -0.39 is 10.4 Å². The fourth-order valence-electron chi connectivity index (χ4n) is 1.38. The van der Waals surface area contributed by atoms with E-state index in [4.69, 9.17) is 4.18 Å². The van der Waals surface area contributed by atoms with Crippen molar-refractivity contribution >= 4 is 10.4 Å². The van der Waals surface area contributed by atoms with Crippen LogP contribution in [0.5, 0.6) is 0 Å². The molecule has 0 aliphatic rings. The van der Waals surface area contributed by atoms with Crippen LogP contribution in [-0.4, -0.2) is 21.6 Å². The van der Waals surface area contributed by atoms with Gasteiger partial charge in [-0.05, 0) is 12.8 Å². The minimum absolute atomic E-state index is 0. The van der Waals surface area contributed by atoms with E-state index in [2.05, 4.69) is 11.1 Å². The molecular weight excluding hydrogens is 263 g/mol. The summed E-state index contributed by atoms with van der Waals surface area (Å²) in [6.45, 7) is 4.60. The van der Waals surface area contributed by atoms with Crippen molar-refractivity contribution in [2.45, 2.75) is 65.2 Å². The second kappa shape index (κ2) is 14.3. The van der Waals surface area contributed by atoms with E-state index in [0.29, 0.717) is 0 Å². The number of unbranched alkanes of at least 4 members (excludes halogenated alkanes) is 6. The molecule has 4 nitrogen and oxygen atoms in total. The third-order valence-electron chi connectivity index (χ3n) is 2.45. The summed E-state index contributed by atoms with van der Waals surface area (Å²) in [6, 6.07) is 0. The maximum Gasteiger partial charge on any atom is 1.00 e. The number of rotatable bonds is 12. The Morgan fingerprint density at radius 2 is 1.17 bits per heavy atom. The van der Waals surface area contributed by atoms with Gasteiger partial charge in [-0.1, -0.05) is 52.4 Å². The summed E-state index contributed by atoms with van der Waals surface area (Å²) in [5, 5.41) is 0. The van der Waals surface area contributed by atoms with E-state index in [1.165, 1.54) is 19.3 Å². The molecule has 6 heteroatoms. The topological polar surface area (TPSA) is 52.6 Å². The zero-order valence-electron chi connectivity index (χ0n) is 12.1. The maximum absolute atomic E-state index is 11.2. The van der Waals surface area contributed by atoms with E-state index in [1.807, 2.05) is 6.92 Å². The van der Waals surface area contributed by atoms with Gasteiger partial charge in [-0.25, -0.2) is 8.37 Å². The fourth-order valence-corrected chi connectivity index (χ4v) is 2.09. The Hall–Kier alpha value is 0.870. The van der Waals surface area contributed by atoms with Crippen LogP contribution >= 0.6 is 0 Å². The summed E-state index contributed by atoms with van der Waals surface area (Å²) in [4.78, 5) is 0. The summed E-state index contributed by atoms with van der Waals surface area (Å²) < 4.78 is 31.8. The molecule has 0 heterocycles. The summed E-state index contributed by atoms with van der Waals surface area (Å²) >= 11 is 0. The largest absolute Gasteiger partial charge is 1.00 e. The van der Waals surface area contributed by atoms with Crippen molar-refractivity contribution in [3.05, 3.63) is 0 Å². The second-order valence-corrected chi connectivity index (χ2v) is 5.46. The van der Waals surface area contributed by atoms with Gasteiger partial charge in [0.1, 0.15) is 0 Å². The molecule has 0 unspecified atom stereocenters. The minimum Gasteiger partial charge on any atom is -0.248 e. The second-order valence-electron chi connectivity index (χ2n) is 4.17. The third kappa shape index (κ3) is 14.9. The van der Waals surface area contributed by atoms with Gasteiger partial charge >= 0.3 is 40.0 Å². The predicted octanol–water partition coefficient (Wildman–Crippen LogP) is 0.429. The summed E-state index contributed by atoms with van der Waals surface area (Å²) in [5.41, 5.74) is 0. The molecule has 18 heavy (non-hydrogen) atoms. The average Bonchev–Trinajstić information content (AvgIpc) is 2.28. The standard InChI is InChI=1S/C12H26O4S.Na/c1-3-5-7-8-9-10-12-16-17(13,14)15-11-6-4-2;/h3-12H2,1-2H3;/q;+1. The van der Waals surface area contributed by atoms with Gasteiger partial charge in [0.2, 0.25) is 0 Å². The van der Waals surface area contributed by atoms with E-state index in [9.17, 15) is 8.42 Å². The van der Waals surface area contributed by atoms with Crippen LogP contribution in [-0.2, 0) is 18.8 Å². The van der Waals surface area contributed by atoms with Crippen LogP contribution in [0.3, 0.4) is 0 Å². The molecule has 0 rings (SSSR count). The van der Waals surface area contributed by atoms with Crippen molar-refractivity contribution in [2.75, 3.05) is 13.2 Å². The first kappa shape index (κ1) is 21.2. The molecule has 0 spiro atoms. The zero-order valence-corrected chi connectivity index (χ0v) is 14.9. The van der Waals surface area contributed by atoms with Crippen LogP contribution in [0.4, 0.5) is 0 Å². The van der Waals surface area contributed by atoms with E-state index >= 15 is 0 Å². The van der Waals surface area contributed by atoms with Gasteiger partial charge in [-0.2, -0.15) is 8.42 Å². The normalized spacial score (nSPS) is 11.2. The average molecular weight is 289 g/mol. The van der Waals surface area contributed by atoms with Crippen LogP contribution in [0.15, 0.2) is 0 Å². The summed E-state index contributed by atoms with van der Waals surface area (Å²) in [5.74, 6) is 0. The molecule has 0 atom stereocenters. The van der Waals surface area contributed by atoms with Gasteiger partial charge in [0.05, 0.1) is 13.2 Å². The molecule has 0 saturated heterocycles.